The molecule has 0 radical (unpaired) electrons. The molecule has 2 amide bonds. The van der Waals surface area contributed by atoms with Crippen molar-refractivity contribution in [3.63, 3.8) is 0 Å². The summed E-state index contributed by atoms with van der Waals surface area (Å²) in [7, 11) is 0.195. The maximum absolute atomic E-state index is 13.4. The number of carbonyl (C=O) groups excluding carboxylic acids is 2. The number of sulfonamides is 1. The van der Waals surface area contributed by atoms with Gasteiger partial charge in [-0.15, -0.1) is 0 Å². The summed E-state index contributed by atoms with van der Waals surface area (Å²) in [4.78, 5) is 32.7. The summed E-state index contributed by atoms with van der Waals surface area (Å²) in [6.45, 7) is 4.08. The molecule has 2 heterocycles. The van der Waals surface area contributed by atoms with Crippen LogP contribution in [0.5, 0.6) is 0 Å². The number of piperazine rings is 1. The second kappa shape index (κ2) is 14.3. The number of hydrogen-bond donors (Lipinski definition) is 3. The fourth-order valence-electron chi connectivity index (χ4n) is 5.68. The fraction of sp³-hybridized carbons (Fsp3) is 0.222. The number of carbonyl (C=O) groups is 2. The third kappa shape index (κ3) is 7.61. The van der Waals surface area contributed by atoms with Crippen LogP contribution >= 0.6 is 11.6 Å². The number of nitrogens with zero attached hydrogens (tertiary/aromatic N) is 3. The zero-order chi connectivity index (χ0) is 33.8. The minimum Gasteiger partial charge on any atom is -0.354 e. The lowest BCUT2D eigenvalue weighted by molar-refractivity contribution is -0.119. The average molecular weight is 685 g/mol. The molecule has 12 heteroatoms. The molecule has 4 aromatic rings. The summed E-state index contributed by atoms with van der Waals surface area (Å²) >= 11 is 6.22. The number of rotatable bonds is 10. The van der Waals surface area contributed by atoms with Crippen molar-refractivity contribution in [2.24, 2.45) is 0 Å². The Morgan fingerprint density at radius 2 is 1.60 bits per heavy atom. The van der Waals surface area contributed by atoms with Gasteiger partial charge in [0.15, 0.2) is 0 Å². The van der Waals surface area contributed by atoms with Gasteiger partial charge in [0.2, 0.25) is 15.9 Å². The molecule has 6 rings (SSSR count). The topological polar surface area (TPSA) is 114 Å². The van der Waals surface area contributed by atoms with Gasteiger partial charge in [-0.05, 0) is 66.7 Å². The third-order valence-electron chi connectivity index (χ3n) is 8.59. The van der Waals surface area contributed by atoms with E-state index < -0.39 is 10.0 Å². The molecule has 3 N–H and O–H groups in total. The molecular weight excluding hydrogens is 648 g/mol. The molecule has 48 heavy (non-hydrogen) atoms. The second-order valence-corrected chi connectivity index (χ2v) is 14.1. The maximum Gasteiger partial charge on any atom is 0.258 e. The minimum atomic E-state index is -3.67. The van der Waals surface area contributed by atoms with Gasteiger partial charge in [-0.1, -0.05) is 60.1 Å². The number of nitrogens with one attached hydrogen (secondary N) is 3. The molecule has 0 spiro atoms. The number of amides is 2. The molecule has 1 saturated heterocycles. The predicted octanol–water partition coefficient (Wildman–Crippen LogP) is 4.96. The lowest BCUT2D eigenvalue weighted by atomic mass is 9.99. The highest BCUT2D eigenvalue weighted by atomic mass is 35.5. The number of halogens is 1. The van der Waals surface area contributed by atoms with E-state index in [1.807, 2.05) is 54.6 Å². The Bertz CT molecular complexity index is 1940. The van der Waals surface area contributed by atoms with Gasteiger partial charge in [0.1, 0.15) is 0 Å². The van der Waals surface area contributed by atoms with Gasteiger partial charge in [-0.25, -0.2) is 13.1 Å². The van der Waals surface area contributed by atoms with Crippen LogP contribution in [0.25, 0.3) is 11.3 Å². The fourth-order valence-corrected chi connectivity index (χ4v) is 6.89. The third-order valence-corrected chi connectivity index (χ3v) is 10.2. The van der Waals surface area contributed by atoms with Gasteiger partial charge in [0.25, 0.3) is 5.91 Å². The summed E-state index contributed by atoms with van der Waals surface area (Å²) in [5.74, 6) is -0.257. The molecule has 0 atom stereocenters. The van der Waals surface area contributed by atoms with Crippen molar-refractivity contribution in [3.8, 4) is 0 Å². The van der Waals surface area contributed by atoms with Gasteiger partial charge >= 0.3 is 0 Å². The highest BCUT2D eigenvalue weighted by Gasteiger charge is 2.29. The molecule has 0 aliphatic carbocycles. The van der Waals surface area contributed by atoms with E-state index in [-0.39, 0.29) is 23.3 Å². The van der Waals surface area contributed by atoms with Crippen LogP contribution in [0.1, 0.15) is 16.7 Å². The number of hydrogen-bond acceptors (Lipinski definition) is 7. The Morgan fingerprint density at radius 1 is 0.917 bits per heavy atom. The van der Waals surface area contributed by atoms with E-state index in [0.717, 1.165) is 48.7 Å². The minimum absolute atomic E-state index is 0.0205. The number of fused-ring (bicyclic) bond motifs is 1. The predicted molar refractivity (Wildman–Crippen MR) is 191 cm³/mol. The average Bonchev–Trinajstić information content (AvgIpc) is 3.42. The van der Waals surface area contributed by atoms with Crippen LogP contribution < -0.4 is 20.3 Å². The summed E-state index contributed by atoms with van der Waals surface area (Å²) in [6, 6.07) is 28.3. The first-order valence-corrected chi connectivity index (χ1v) is 17.5. The standard InChI is InChI=1S/C36H37ClN6O4S/c1-41-18-20-43(21-19-41)24-33(44)42(2)29-15-13-28(14-16-29)39-35(34-31-17-12-27(37)22-32(31)40-36(34)45)26-10-8-25(9-11-26)23-38-48(46,47)30-6-4-3-5-7-30/h3-17,22,38-39H,18-21,23-24H2,1-2H3,(H,40,45)/b35-34-. The Hall–Kier alpha value is -4.52. The molecule has 4 aromatic carbocycles. The van der Waals surface area contributed by atoms with Crippen LogP contribution in [0.3, 0.4) is 0 Å². The maximum atomic E-state index is 13.4. The van der Waals surface area contributed by atoms with Gasteiger partial charge in [0, 0.05) is 61.7 Å². The molecular formula is C36H37ClN6O4S. The zero-order valence-electron chi connectivity index (χ0n) is 26.7. The first-order chi connectivity index (χ1) is 23.1. The number of benzene rings is 4. The molecule has 248 valence electrons. The monoisotopic (exact) mass is 684 g/mol. The van der Waals surface area contributed by atoms with Crippen molar-refractivity contribution in [2.45, 2.75) is 11.4 Å². The second-order valence-electron chi connectivity index (χ2n) is 11.9. The lowest BCUT2D eigenvalue weighted by Gasteiger charge is -2.32. The van der Waals surface area contributed by atoms with Crippen LogP contribution in [0.4, 0.5) is 17.1 Å². The van der Waals surface area contributed by atoms with E-state index in [9.17, 15) is 18.0 Å². The first kappa shape index (κ1) is 33.4. The highest BCUT2D eigenvalue weighted by Crippen LogP contribution is 2.39. The molecule has 0 aromatic heterocycles. The number of likely N-dealkylation sites (N-methyl/N-ethyl adjacent to an activating group) is 2. The van der Waals surface area contributed by atoms with Gasteiger partial charge in [0.05, 0.1) is 28.4 Å². The number of anilines is 3. The highest BCUT2D eigenvalue weighted by molar-refractivity contribution is 7.89. The van der Waals surface area contributed by atoms with Crippen molar-refractivity contribution in [2.75, 3.05) is 62.4 Å². The van der Waals surface area contributed by atoms with E-state index >= 15 is 0 Å². The molecule has 2 aliphatic heterocycles. The summed E-state index contributed by atoms with van der Waals surface area (Å²) < 4.78 is 28.1. The molecule has 10 nitrogen and oxygen atoms in total. The zero-order valence-corrected chi connectivity index (χ0v) is 28.3. The van der Waals surface area contributed by atoms with E-state index in [0.29, 0.717) is 34.1 Å². The Balaban J connectivity index is 1.23. The van der Waals surface area contributed by atoms with Crippen LogP contribution in [-0.4, -0.2) is 76.9 Å². The summed E-state index contributed by atoms with van der Waals surface area (Å²) in [5, 5.41) is 6.86. The Labute approximate surface area is 286 Å². The Morgan fingerprint density at radius 3 is 2.29 bits per heavy atom. The van der Waals surface area contributed by atoms with Crippen LogP contribution in [-0.2, 0) is 26.2 Å². The van der Waals surface area contributed by atoms with Crippen molar-refractivity contribution in [1.29, 1.82) is 0 Å². The Kier molecular flexibility index (Phi) is 9.95. The van der Waals surface area contributed by atoms with Crippen molar-refractivity contribution < 1.29 is 18.0 Å². The van der Waals surface area contributed by atoms with Gasteiger partial charge in [-0.3, -0.25) is 14.5 Å². The molecule has 0 saturated carbocycles. The normalized spacial score (nSPS) is 16.3. The molecule has 1 fully saturated rings. The lowest BCUT2D eigenvalue weighted by Crippen LogP contribution is -2.48. The van der Waals surface area contributed by atoms with Crippen molar-refractivity contribution in [1.82, 2.24) is 14.5 Å². The van der Waals surface area contributed by atoms with E-state index in [1.54, 1.807) is 54.4 Å². The SMILES string of the molecule is CN1CCN(CC(=O)N(C)c2ccc(N/C(=C3\C(=O)Nc4cc(Cl)ccc43)c3ccc(CNS(=O)(=O)c4ccccc4)cc3)cc2)CC1. The smallest absolute Gasteiger partial charge is 0.258 e. The van der Waals surface area contributed by atoms with Gasteiger partial charge in [-0.2, -0.15) is 0 Å². The van der Waals surface area contributed by atoms with E-state index in [4.69, 9.17) is 11.6 Å². The largest absolute Gasteiger partial charge is 0.354 e. The summed E-state index contributed by atoms with van der Waals surface area (Å²) in [5.41, 5.74) is 5.29. The van der Waals surface area contributed by atoms with E-state index in [2.05, 4.69) is 32.2 Å². The first-order valence-electron chi connectivity index (χ1n) is 15.6. The van der Waals surface area contributed by atoms with Crippen molar-refractivity contribution >= 4 is 61.8 Å². The molecule has 2 aliphatic rings. The molecule has 0 bridgehead atoms. The quantitative estimate of drug-likeness (QED) is 0.203. The summed E-state index contributed by atoms with van der Waals surface area (Å²) in [6.07, 6.45) is 0. The van der Waals surface area contributed by atoms with Crippen molar-refractivity contribution in [3.05, 3.63) is 119 Å². The van der Waals surface area contributed by atoms with Gasteiger partial charge < -0.3 is 20.4 Å². The molecule has 0 unspecified atom stereocenters. The van der Waals surface area contributed by atoms with E-state index in [1.165, 1.54) is 0 Å². The van der Waals surface area contributed by atoms with Crippen LogP contribution in [0.2, 0.25) is 5.02 Å². The van der Waals surface area contributed by atoms with Crippen LogP contribution in [0.15, 0.2) is 102 Å². The van der Waals surface area contributed by atoms with Crippen LogP contribution in [0, 0.1) is 0 Å².